The molecular weight excluding hydrogens is 312 g/mol. The highest BCUT2D eigenvalue weighted by molar-refractivity contribution is 5.66. The molecule has 0 aromatic heterocycles. The standard InChI is InChI=1S/C22H32O3/c1-2-21(23)19-17-15-13-11-9-7-5-3-4-6-8-10-12-14-16-18-20-22(24)25/h3-4,7-10,13-17,19,21,23H,2,5-6,11-12,18,20H2,1H3,(H,24,25)/b4-3-,9-7-,10-8-,15-13-,16-14-,19-17+/i1D3,2D2. The smallest absolute Gasteiger partial charge is 0.303 e. The molecule has 0 radical (unpaired) electrons. The molecule has 1 unspecified atom stereocenters. The van der Waals surface area contributed by atoms with Crippen LogP contribution >= 0.6 is 0 Å². The third-order valence-corrected chi connectivity index (χ3v) is 2.97. The number of hydrogen-bond acceptors (Lipinski definition) is 2. The molecule has 0 saturated carbocycles. The largest absolute Gasteiger partial charge is 0.481 e. The molecule has 0 aliphatic heterocycles. The summed E-state index contributed by atoms with van der Waals surface area (Å²) in [5.41, 5.74) is 0. The SMILES string of the molecule is [2H]C([2H])([2H])C([2H])([2H])C(O)/C=C/C=C\C/C=C\C/C=C\C/C=C\C/C=C\CCC(=O)O. The zero-order chi connectivity index (χ0) is 22.9. The van der Waals surface area contributed by atoms with Crippen molar-refractivity contribution in [1.29, 1.82) is 0 Å². The fraction of sp³-hybridized carbons (Fsp3) is 0.409. The molecule has 0 aromatic rings. The van der Waals surface area contributed by atoms with Gasteiger partial charge in [-0.25, -0.2) is 0 Å². The molecule has 0 saturated heterocycles. The highest BCUT2D eigenvalue weighted by Crippen LogP contribution is 1.97. The van der Waals surface area contributed by atoms with E-state index in [1.165, 1.54) is 6.08 Å². The number of aliphatic carboxylic acids is 1. The summed E-state index contributed by atoms with van der Waals surface area (Å²) < 4.78 is 36.1. The monoisotopic (exact) mass is 349 g/mol. The molecule has 0 amide bonds. The maximum Gasteiger partial charge on any atom is 0.303 e. The molecule has 0 aliphatic rings. The average Bonchev–Trinajstić information content (AvgIpc) is 2.65. The van der Waals surface area contributed by atoms with Gasteiger partial charge >= 0.3 is 5.97 Å². The van der Waals surface area contributed by atoms with Crippen LogP contribution in [0.1, 0.15) is 58.6 Å². The van der Waals surface area contributed by atoms with Gasteiger partial charge in [-0.15, -0.1) is 0 Å². The van der Waals surface area contributed by atoms with Crippen LogP contribution in [0.4, 0.5) is 0 Å². The number of carbonyl (C=O) groups is 1. The lowest BCUT2D eigenvalue weighted by Gasteiger charge is -1.95. The first kappa shape index (κ1) is 15.2. The van der Waals surface area contributed by atoms with Crippen molar-refractivity contribution in [2.24, 2.45) is 0 Å². The molecule has 0 rings (SSSR count). The Labute approximate surface area is 159 Å². The van der Waals surface area contributed by atoms with E-state index >= 15 is 0 Å². The van der Waals surface area contributed by atoms with E-state index in [9.17, 15) is 9.90 Å². The number of carboxylic acids is 1. The first-order chi connectivity index (χ1) is 14.1. The van der Waals surface area contributed by atoms with Crippen molar-refractivity contribution in [3.63, 3.8) is 0 Å². The van der Waals surface area contributed by atoms with Crippen LogP contribution < -0.4 is 0 Å². The van der Waals surface area contributed by atoms with E-state index in [2.05, 4.69) is 18.2 Å². The van der Waals surface area contributed by atoms with Crippen molar-refractivity contribution < 1.29 is 21.9 Å². The summed E-state index contributed by atoms with van der Waals surface area (Å²) in [5, 5.41) is 18.2. The van der Waals surface area contributed by atoms with Crippen molar-refractivity contribution in [1.82, 2.24) is 0 Å². The van der Waals surface area contributed by atoms with E-state index in [0.717, 1.165) is 25.3 Å². The van der Waals surface area contributed by atoms with E-state index in [1.807, 2.05) is 36.5 Å². The van der Waals surface area contributed by atoms with Crippen LogP contribution in [0.15, 0.2) is 72.9 Å². The molecule has 0 bridgehead atoms. The summed E-state index contributed by atoms with van der Waals surface area (Å²) in [6.45, 7) is -2.88. The predicted octanol–water partition coefficient (Wildman–Crippen LogP) is 5.52. The molecule has 3 heteroatoms. The Morgan fingerprint density at radius 1 is 0.920 bits per heavy atom. The van der Waals surface area contributed by atoms with Crippen molar-refractivity contribution in [2.45, 2.75) is 57.9 Å². The second-order valence-electron chi connectivity index (χ2n) is 5.16. The van der Waals surface area contributed by atoms with E-state index in [0.29, 0.717) is 12.8 Å². The Kier molecular flexibility index (Phi) is 11.0. The summed E-state index contributed by atoms with van der Waals surface area (Å²) in [4.78, 5) is 10.3. The van der Waals surface area contributed by atoms with E-state index in [1.54, 1.807) is 6.08 Å². The third kappa shape index (κ3) is 19.8. The van der Waals surface area contributed by atoms with Crippen LogP contribution in [0, 0.1) is 0 Å². The molecule has 0 spiro atoms. The van der Waals surface area contributed by atoms with Gasteiger partial charge in [0, 0.05) is 13.3 Å². The lowest BCUT2D eigenvalue weighted by atomic mass is 10.2. The summed E-state index contributed by atoms with van der Waals surface area (Å²) in [6.07, 6.45) is 21.5. The molecule has 2 N–H and O–H groups in total. The lowest BCUT2D eigenvalue weighted by Crippen LogP contribution is -1.97. The Morgan fingerprint density at radius 2 is 1.44 bits per heavy atom. The molecule has 0 heterocycles. The van der Waals surface area contributed by atoms with Crippen LogP contribution in [0.3, 0.4) is 0 Å². The molecule has 0 aromatic carbocycles. The fourth-order valence-electron chi connectivity index (χ4n) is 1.69. The minimum atomic E-state index is -2.88. The van der Waals surface area contributed by atoms with E-state index < -0.39 is 25.3 Å². The van der Waals surface area contributed by atoms with Crippen LogP contribution in [0.25, 0.3) is 0 Å². The van der Waals surface area contributed by atoms with Crippen LogP contribution in [0.5, 0.6) is 0 Å². The zero-order valence-electron chi connectivity index (χ0n) is 19.6. The second kappa shape index (κ2) is 18.2. The quantitative estimate of drug-likeness (QED) is 0.321. The summed E-state index contributed by atoms with van der Waals surface area (Å²) >= 11 is 0. The van der Waals surface area contributed by atoms with Crippen molar-refractivity contribution in [3.8, 4) is 0 Å². The molecule has 25 heavy (non-hydrogen) atoms. The van der Waals surface area contributed by atoms with E-state index in [4.69, 9.17) is 12.0 Å². The minimum absolute atomic E-state index is 0.164. The second-order valence-corrected chi connectivity index (χ2v) is 5.16. The zero-order valence-corrected chi connectivity index (χ0v) is 14.6. The Balaban J connectivity index is 3.91. The summed E-state index contributed by atoms with van der Waals surface area (Å²) in [5.74, 6) is -0.781. The van der Waals surface area contributed by atoms with Gasteiger partial charge in [-0.1, -0.05) is 79.8 Å². The minimum Gasteiger partial charge on any atom is -0.481 e. The van der Waals surface area contributed by atoms with Crippen molar-refractivity contribution >= 4 is 5.97 Å². The maximum absolute atomic E-state index is 10.3. The number of aliphatic hydroxyl groups excluding tert-OH is 1. The number of rotatable bonds is 14. The average molecular weight is 350 g/mol. The van der Waals surface area contributed by atoms with Gasteiger partial charge in [0.1, 0.15) is 0 Å². The fourth-order valence-corrected chi connectivity index (χ4v) is 1.69. The molecule has 3 nitrogen and oxygen atoms in total. The number of aliphatic hydroxyl groups is 1. The molecule has 1 atom stereocenters. The van der Waals surface area contributed by atoms with Gasteiger partial charge in [0.05, 0.1) is 6.10 Å². The number of allylic oxidation sites excluding steroid dienone is 11. The Morgan fingerprint density at radius 3 is 1.96 bits per heavy atom. The van der Waals surface area contributed by atoms with Gasteiger partial charge in [-0.05, 0) is 38.5 Å². The first-order valence-electron chi connectivity index (χ1n) is 10.9. The topological polar surface area (TPSA) is 57.5 Å². The van der Waals surface area contributed by atoms with Crippen LogP contribution in [-0.2, 0) is 4.79 Å². The molecule has 138 valence electrons. The van der Waals surface area contributed by atoms with Gasteiger partial charge in [-0.3, -0.25) is 4.79 Å². The van der Waals surface area contributed by atoms with Crippen molar-refractivity contribution in [2.75, 3.05) is 0 Å². The molecular formula is C22H32O3. The van der Waals surface area contributed by atoms with Crippen LogP contribution in [0.2, 0.25) is 0 Å². The van der Waals surface area contributed by atoms with Gasteiger partial charge in [0.15, 0.2) is 0 Å². The van der Waals surface area contributed by atoms with E-state index in [-0.39, 0.29) is 6.42 Å². The van der Waals surface area contributed by atoms with Gasteiger partial charge < -0.3 is 10.2 Å². The molecule has 0 fully saturated rings. The van der Waals surface area contributed by atoms with Crippen LogP contribution in [-0.4, -0.2) is 22.3 Å². The molecule has 0 aliphatic carbocycles. The number of hydrogen-bond donors (Lipinski definition) is 2. The Hall–Kier alpha value is -2.13. The summed E-state index contributed by atoms with van der Waals surface area (Å²) in [6, 6.07) is 0. The lowest BCUT2D eigenvalue weighted by molar-refractivity contribution is -0.136. The third-order valence-electron chi connectivity index (χ3n) is 2.97. The van der Waals surface area contributed by atoms with Crippen molar-refractivity contribution in [3.05, 3.63) is 72.9 Å². The summed E-state index contributed by atoms with van der Waals surface area (Å²) in [7, 11) is 0. The highest BCUT2D eigenvalue weighted by Gasteiger charge is 1.90. The Bertz CT molecular complexity index is 656. The predicted molar refractivity (Wildman–Crippen MR) is 106 cm³/mol. The van der Waals surface area contributed by atoms with Gasteiger partial charge in [0.25, 0.3) is 0 Å². The van der Waals surface area contributed by atoms with Gasteiger partial charge in [0.2, 0.25) is 0 Å². The maximum atomic E-state index is 10.3. The normalized spacial score (nSPS) is 18.4. The first-order valence-corrected chi connectivity index (χ1v) is 8.42. The van der Waals surface area contributed by atoms with Gasteiger partial charge in [-0.2, -0.15) is 0 Å². The highest BCUT2D eigenvalue weighted by atomic mass is 16.4. The number of carboxylic acid groups (broad SMARTS) is 1.